The molecule has 0 fully saturated rings. The summed E-state index contributed by atoms with van der Waals surface area (Å²) in [6, 6.07) is 12.8. The summed E-state index contributed by atoms with van der Waals surface area (Å²) in [5.41, 5.74) is 2.22. The summed E-state index contributed by atoms with van der Waals surface area (Å²) >= 11 is 18.9. The van der Waals surface area contributed by atoms with Crippen LogP contribution < -0.4 is 4.74 Å². The highest BCUT2D eigenvalue weighted by Gasteiger charge is 2.15. The molecule has 0 atom stereocenters. The third-order valence-corrected chi connectivity index (χ3v) is 4.10. The molecule has 0 saturated heterocycles. The van der Waals surface area contributed by atoms with Gasteiger partial charge in [0.15, 0.2) is 0 Å². The van der Waals surface area contributed by atoms with E-state index in [0.717, 1.165) is 16.5 Å². The van der Waals surface area contributed by atoms with Crippen LogP contribution in [0.25, 0.3) is 22.0 Å². The molecular weight excluding hydrogens is 329 g/mol. The first-order valence-corrected chi connectivity index (χ1v) is 7.32. The number of hydrogen-bond donors (Lipinski definition) is 0. The van der Waals surface area contributed by atoms with Gasteiger partial charge in [-0.3, -0.25) is 0 Å². The number of rotatable bonds is 2. The number of halogens is 3. The molecule has 0 bridgehead atoms. The molecule has 0 amide bonds. The van der Waals surface area contributed by atoms with Gasteiger partial charge >= 0.3 is 0 Å². The van der Waals surface area contributed by atoms with Crippen molar-refractivity contribution in [2.75, 3.05) is 7.11 Å². The van der Waals surface area contributed by atoms with E-state index in [0.29, 0.717) is 26.5 Å². The van der Waals surface area contributed by atoms with Crippen molar-refractivity contribution in [3.63, 3.8) is 0 Å². The Morgan fingerprint density at radius 1 is 1.00 bits per heavy atom. The molecule has 0 aliphatic rings. The Balaban J connectivity index is 2.32. The van der Waals surface area contributed by atoms with Gasteiger partial charge in [0, 0.05) is 16.0 Å². The summed E-state index contributed by atoms with van der Waals surface area (Å²) in [7, 11) is 1.61. The molecule has 3 aromatic rings. The van der Waals surface area contributed by atoms with E-state index in [4.69, 9.17) is 39.5 Å². The summed E-state index contributed by atoms with van der Waals surface area (Å²) in [4.78, 5) is 4.40. The summed E-state index contributed by atoms with van der Waals surface area (Å²) in [5.74, 6) is 0.713. The van der Waals surface area contributed by atoms with Crippen LogP contribution in [-0.2, 0) is 0 Å². The van der Waals surface area contributed by atoms with Crippen LogP contribution >= 0.6 is 34.8 Å². The number of hydrogen-bond acceptors (Lipinski definition) is 2. The van der Waals surface area contributed by atoms with E-state index in [9.17, 15) is 0 Å². The number of pyridine rings is 1. The van der Waals surface area contributed by atoms with Crippen LogP contribution in [0.3, 0.4) is 0 Å². The Hall–Kier alpha value is -1.48. The first kappa shape index (κ1) is 14.5. The van der Waals surface area contributed by atoms with Gasteiger partial charge in [-0.1, -0.05) is 46.9 Å². The summed E-state index contributed by atoms with van der Waals surface area (Å²) in [6.07, 6.45) is 0. The van der Waals surface area contributed by atoms with Gasteiger partial charge < -0.3 is 4.74 Å². The molecule has 2 nitrogen and oxygen atoms in total. The molecule has 2 aromatic carbocycles. The molecule has 0 unspecified atom stereocenters. The van der Waals surface area contributed by atoms with Crippen molar-refractivity contribution >= 4 is 45.7 Å². The minimum atomic E-state index is 0.347. The second-order valence-corrected chi connectivity index (χ2v) is 5.66. The van der Waals surface area contributed by atoms with Crippen LogP contribution in [0.15, 0.2) is 42.5 Å². The Morgan fingerprint density at radius 2 is 1.81 bits per heavy atom. The van der Waals surface area contributed by atoms with Crippen molar-refractivity contribution in [2.45, 2.75) is 0 Å². The number of methoxy groups -OCH3 is 1. The van der Waals surface area contributed by atoms with Crippen molar-refractivity contribution in [3.8, 4) is 16.9 Å². The highest BCUT2D eigenvalue weighted by Crippen LogP contribution is 2.39. The molecule has 1 heterocycles. The SMILES string of the molecule is COc1ccc2nc(Cl)c(-c3cccc(Cl)c3)c(Cl)c2c1. The monoisotopic (exact) mass is 337 g/mol. The second-order valence-electron chi connectivity index (χ2n) is 4.49. The molecule has 0 aliphatic heterocycles. The highest BCUT2D eigenvalue weighted by atomic mass is 35.5. The largest absolute Gasteiger partial charge is 0.497 e. The van der Waals surface area contributed by atoms with E-state index in [1.54, 1.807) is 13.2 Å². The number of aromatic nitrogens is 1. The quantitative estimate of drug-likeness (QED) is 0.545. The van der Waals surface area contributed by atoms with Gasteiger partial charge in [0.25, 0.3) is 0 Å². The first-order valence-electron chi connectivity index (χ1n) is 6.19. The van der Waals surface area contributed by atoms with Crippen LogP contribution in [0.1, 0.15) is 0 Å². The van der Waals surface area contributed by atoms with E-state index in [-0.39, 0.29) is 0 Å². The van der Waals surface area contributed by atoms with Crippen LogP contribution in [0.5, 0.6) is 5.75 Å². The fourth-order valence-electron chi connectivity index (χ4n) is 2.19. The predicted octanol–water partition coefficient (Wildman–Crippen LogP) is 5.87. The van der Waals surface area contributed by atoms with Crippen LogP contribution in [0, 0.1) is 0 Å². The van der Waals surface area contributed by atoms with Gasteiger partial charge in [0.2, 0.25) is 0 Å². The Kier molecular flexibility index (Phi) is 3.94. The fourth-order valence-corrected chi connectivity index (χ4v) is 3.08. The number of nitrogens with zero attached hydrogens (tertiary/aromatic N) is 1. The zero-order valence-electron chi connectivity index (χ0n) is 11.0. The zero-order valence-corrected chi connectivity index (χ0v) is 13.3. The zero-order chi connectivity index (χ0) is 15.0. The molecule has 1 aromatic heterocycles. The maximum absolute atomic E-state index is 6.54. The van der Waals surface area contributed by atoms with Gasteiger partial charge in [-0.05, 0) is 35.9 Å². The van der Waals surface area contributed by atoms with Gasteiger partial charge in [-0.25, -0.2) is 4.98 Å². The summed E-state index contributed by atoms with van der Waals surface area (Å²) in [6.45, 7) is 0. The molecule has 0 N–H and O–H groups in total. The maximum Gasteiger partial charge on any atom is 0.139 e. The molecule has 5 heteroatoms. The lowest BCUT2D eigenvalue weighted by atomic mass is 10.0. The van der Waals surface area contributed by atoms with Crippen molar-refractivity contribution in [3.05, 3.63) is 57.7 Å². The van der Waals surface area contributed by atoms with E-state index in [1.165, 1.54) is 0 Å². The van der Waals surface area contributed by atoms with Crippen molar-refractivity contribution in [1.82, 2.24) is 4.98 Å². The smallest absolute Gasteiger partial charge is 0.139 e. The molecule has 0 aliphatic carbocycles. The topological polar surface area (TPSA) is 22.1 Å². The second kappa shape index (κ2) is 5.72. The van der Waals surface area contributed by atoms with Crippen molar-refractivity contribution in [1.29, 1.82) is 0 Å². The van der Waals surface area contributed by atoms with Crippen LogP contribution in [-0.4, -0.2) is 12.1 Å². The Labute approximate surface area is 137 Å². The predicted molar refractivity (Wildman–Crippen MR) is 88.8 cm³/mol. The first-order chi connectivity index (χ1) is 10.1. The van der Waals surface area contributed by atoms with E-state index >= 15 is 0 Å². The molecule has 21 heavy (non-hydrogen) atoms. The lowest BCUT2D eigenvalue weighted by Crippen LogP contribution is -1.90. The molecule has 0 saturated carbocycles. The minimum absolute atomic E-state index is 0.347. The minimum Gasteiger partial charge on any atom is -0.497 e. The van der Waals surface area contributed by atoms with Gasteiger partial charge in [-0.2, -0.15) is 0 Å². The van der Waals surface area contributed by atoms with E-state index < -0.39 is 0 Å². The summed E-state index contributed by atoms with van der Waals surface area (Å²) < 4.78 is 5.23. The molecule has 0 radical (unpaired) electrons. The van der Waals surface area contributed by atoms with Gasteiger partial charge in [0.05, 0.1) is 17.6 Å². The van der Waals surface area contributed by atoms with Gasteiger partial charge in [-0.15, -0.1) is 0 Å². The summed E-state index contributed by atoms with van der Waals surface area (Å²) in [5, 5.41) is 2.28. The van der Waals surface area contributed by atoms with Crippen molar-refractivity contribution < 1.29 is 4.74 Å². The van der Waals surface area contributed by atoms with Crippen LogP contribution in [0.2, 0.25) is 15.2 Å². The third kappa shape index (κ3) is 2.67. The maximum atomic E-state index is 6.54. The highest BCUT2D eigenvalue weighted by molar-refractivity contribution is 6.42. The fraction of sp³-hybridized carbons (Fsp3) is 0.0625. The van der Waals surface area contributed by atoms with Gasteiger partial charge in [0.1, 0.15) is 10.9 Å². The number of ether oxygens (including phenoxy) is 1. The average Bonchev–Trinajstić information content (AvgIpc) is 2.47. The number of fused-ring (bicyclic) bond motifs is 1. The lowest BCUT2D eigenvalue weighted by molar-refractivity contribution is 0.415. The van der Waals surface area contributed by atoms with E-state index in [1.807, 2.05) is 36.4 Å². The molecule has 3 rings (SSSR count). The normalized spacial score (nSPS) is 10.9. The standard InChI is InChI=1S/C16H10Cl3NO/c1-21-11-5-6-13-12(8-11)15(18)14(16(19)20-13)9-3-2-4-10(17)7-9/h2-8H,1H3. The Bertz CT molecular complexity index is 833. The average molecular weight is 339 g/mol. The molecule has 0 spiro atoms. The molecule has 106 valence electrons. The Morgan fingerprint density at radius 3 is 2.52 bits per heavy atom. The number of benzene rings is 2. The molecular formula is C16H10Cl3NO. The lowest BCUT2D eigenvalue weighted by Gasteiger charge is -2.11. The third-order valence-electron chi connectivity index (χ3n) is 3.20. The van der Waals surface area contributed by atoms with Crippen molar-refractivity contribution in [2.24, 2.45) is 0 Å². The van der Waals surface area contributed by atoms with Crippen LogP contribution in [0.4, 0.5) is 0 Å². The van der Waals surface area contributed by atoms with E-state index in [2.05, 4.69) is 4.98 Å².